The summed E-state index contributed by atoms with van der Waals surface area (Å²) in [5.41, 5.74) is 1.50. The lowest BCUT2D eigenvalue weighted by atomic mass is 9.81. The van der Waals surface area contributed by atoms with Gasteiger partial charge in [-0.1, -0.05) is 26.0 Å². The SMILES string of the molecule is C[C@H](NC1CSCCC1(C)C)c1ccc(F)cc1. The minimum atomic E-state index is -0.167. The second kappa shape index (κ2) is 5.62. The summed E-state index contributed by atoms with van der Waals surface area (Å²) in [5.74, 6) is 2.26. The Hall–Kier alpha value is -0.540. The van der Waals surface area contributed by atoms with Crippen LogP contribution in [0.2, 0.25) is 0 Å². The lowest BCUT2D eigenvalue weighted by Gasteiger charge is -2.40. The Morgan fingerprint density at radius 2 is 2.00 bits per heavy atom. The van der Waals surface area contributed by atoms with Crippen LogP contribution in [0.25, 0.3) is 0 Å². The van der Waals surface area contributed by atoms with Crippen LogP contribution in [0.15, 0.2) is 24.3 Å². The van der Waals surface area contributed by atoms with E-state index < -0.39 is 0 Å². The van der Waals surface area contributed by atoms with Crippen LogP contribution >= 0.6 is 11.8 Å². The van der Waals surface area contributed by atoms with Crippen LogP contribution in [0, 0.1) is 11.2 Å². The highest BCUT2D eigenvalue weighted by Gasteiger charge is 2.33. The molecule has 1 fully saturated rings. The molecule has 18 heavy (non-hydrogen) atoms. The fraction of sp³-hybridized carbons (Fsp3) is 0.600. The van der Waals surface area contributed by atoms with Gasteiger partial charge in [-0.3, -0.25) is 0 Å². The second-order valence-corrected chi connectivity index (χ2v) is 6.96. The van der Waals surface area contributed by atoms with Crippen molar-refractivity contribution in [1.82, 2.24) is 5.32 Å². The van der Waals surface area contributed by atoms with E-state index in [0.717, 1.165) is 5.56 Å². The molecule has 1 heterocycles. The zero-order valence-electron chi connectivity index (χ0n) is 11.4. The number of benzene rings is 1. The Morgan fingerprint density at radius 1 is 1.33 bits per heavy atom. The fourth-order valence-electron chi connectivity index (χ4n) is 2.36. The van der Waals surface area contributed by atoms with E-state index in [1.807, 2.05) is 23.9 Å². The normalized spacial score (nSPS) is 24.8. The van der Waals surface area contributed by atoms with Crippen molar-refractivity contribution in [2.45, 2.75) is 39.3 Å². The van der Waals surface area contributed by atoms with E-state index in [9.17, 15) is 4.39 Å². The summed E-state index contributed by atoms with van der Waals surface area (Å²) in [4.78, 5) is 0. The molecule has 1 unspecified atom stereocenters. The van der Waals surface area contributed by atoms with Crippen LogP contribution in [0.5, 0.6) is 0 Å². The van der Waals surface area contributed by atoms with Gasteiger partial charge in [0.15, 0.2) is 0 Å². The highest BCUT2D eigenvalue weighted by Crippen LogP contribution is 2.35. The van der Waals surface area contributed by atoms with E-state index in [-0.39, 0.29) is 11.9 Å². The van der Waals surface area contributed by atoms with Gasteiger partial charge in [0, 0.05) is 17.8 Å². The molecule has 1 aliphatic heterocycles. The van der Waals surface area contributed by atoms with Gasteiger partial charge in [0.2, 0.25) is 0 Å². The Morgan fingerprint density at radius 3 is 2.61 bits per heavy atom. The molecule has 0 spiro atoms. The molecule has 1 aliphatic rings. The molecule has 1 N–H and O–H groups in total. The number of nitrogens with one attached hydrogen (secondary N) is 1. The first-order valence-electron chi connectivity index (χ1n) is 6.58. The molecule has 0 aromatic heterocycles. The number of rotatable bonds is 3. The molecule has 1 aromatic carbocycles. The first-order chi connectivity index (χ1) is 8.49. The van der Waals surface area contributed by atoms with Crippen LogP contribution in [-0.4, -0.2) is 17.5 Å². The standard InChI is InChI=1S/C15H22FNS/c1-11(12-4-6-13(16)7-5-12)17-14-10-18-9-8-15(14,2)3/h4-7,11,14,17H,8-10H2,1-3H3/t11-,14?/m0/s1. The Kier molecular flexibility index (Phi) is 4.33. The summed E-state index contributed by atoms with van der Waals surface area (Å²) in [6.45, 7) is 6.83. The molecule has 0 radical (unpaired) electrons. The monoisotopic (exact) mass is 267 g/mol. The molecule has 1 saturated heterocycles. The summed E-state index contributed by atoms with van der Waals surface area (Å²) in [5, 5.41) is 3.70. The van der Waals surface area contributed by atoms with E-state index in [4.69, 9.17) is 0 Å². The van der Waals surface area contributed by atoms with Gasteiger partial charge in [-0.05, 0) is 42.2 Å². The average molecular weight is 267 g/mol. The predicted molar refractivity (Wildman–Crippen MR) is 77.5 cm³/mol. The molecule has 2 atom stereocenters. The van der Waals surface area contributed by atoms with Crippen LogP contribution in [0.3, 0.4) is 0 Å². The average Bonchev–Trinajstić information content (AvgIpc) is 2.32. The largest absolute Gasteiger partial charge is 0.306 e. The molecule has 100 valence electrons. The second-order valence-electron chi connectivity index (χ2n) is 5.81. The van der Waals surface area contributed by atoms with E-state index in [1.54, 1.807) is 0 Å². The molecule has 0 bridgehead atoms. The van der Waals surface area contributed by atoms with Crippen molar-refractivity contribution >= 4 is 11.8 Å². The van der Waals surface area contributed by atoms with Gasteiger partial charge < -0.3 is 5.32 Å². The van der Waals surface area contributed by atoms with E-state index in [0.29, 0.717) is 11.5 Å². The third-order valence-corrected chi connectivity index (χ3v) is 5.00. The van der Waals surface area contributed by atoms with Crippen LogP contribution < -0.4 is 5.32 Å². The van der Waals surface area contributed by atoms with E-state index in [2.05, 4.69) is 26.1 Å². The van der Waals surface area contributed by atoms with Crippen molar-refractivity contribution in [3.63, 3.8) is 0 Å². The molecule has 0 aliphatic carbocycles. The van der Waals surface area contributed by atoms with Gasteiger partial charge in [-0.2, -0.15) is 11.8 Å². The summed E-state index contributed by atoms with van der Waals surface area (Å²) >= 11 is 2.02. The Labute approximate surface area is 114 Å². The lowest BCUT2D eigenvalue weighted by Crippen LogP contribution is -2.47. The van der Waals surface area contributed by atoms with Gasteiger partial charge in [0.1, 0.15) is 5.82 Å². The summed E-state index contributed by atoms with van der Waals surface area (Å²) in [6, 6.07) is 7.61. The van der Waals surface area contributed by atoms with Crippen molar-refractivity contribution in [3.8, 4) is 0 Å². The first kappa shape index (κ1) is 13.9. The number of hydrogen-bond acceptors (Lipinski definition) is 2. The van der Waals surface area contributed by atoms with Crippen molar-refractivity contribution in [3.05, 3.63) is 35.6 Å². The fourth-order valence-corrected chi connectivity index (χ4v) is 3.98. The zero-order chi connectivity index (χ0) is 13.2. The van der Waals surface area contributed by atoms with E-state index in [1.165, 1.54) is 30.1 Å². The number of thioether (sulfide) groups is 1. The number of hydrogen-bond donors (Lipinski definition) is 1. The third-order valence-electron chi connectivity index (χ3n) is 3.94. The van der Waals surface area contributed by atoms with Crippen molar-refractivity contribution in [1.29, 1.82) is 0 Å². The molecule has 2 rings (SSSR count). The third kappa shape index (κ3) is 3.27. The molecule has 0 saturated carbocycles. The van der Waals surface area contributed by atoms with Crippen LogP contribution in [-0.2, 0) is 0 Å². The van der Waals surface area contributed by atoms with Crippen molar-refractivity contribution in [2.75, 3.05) is 11.5 Å². The molecular weight excluding hydrogens is 245 g/mol. The maximum atomic E-state index is 12.9. The molecule has 1 aromatic rings. The van der Waals surface area contributed by atoms with Gasteiger partial charge in [-0.25, -0.2) is 4.39 Å². The quantitative estimate of drug-likeness (QED) is 0.888. The van der Waals surface area contributed by atoms with Gasteiger partial charge in [-0.15, -0.1) is 0 Å². The molecule has 1 nitrogen and oxygen atoms in total. The zero-order valence-corrected chi connectivity index (χ0v) is 12.2. The summed E-state index contributed by atoms with van der Waals surface area (Å²) < 4.78 is 12.9. The minimum Gasteiger partial charge on any atom is -0.306 e. The topological polar surface area (TPSA) is 12.0 Å². The van der Waals surface area contributed by atoms with E-state index >= 15 is 0 Å². The Balaban J connectivity index is 2.02. The summed E-state index contributed by atoms with van der Waals surface area (Å²) in [7, 11) is 0. The molecule has 3 heteroatoms. The number of halogens is 1. The predicted octanol–water partition coefficient (Wildman–Crippen LogP) is 4.01. The highest BCUT2D eigenvalue weighted by molar-refractivity contribution is 7.99. The van der Waals surface area contributed by atoms with Gasteiger partial charge in [0.25, 0.3) is 0 Å². The Bertz CT molecular complexity index is 388. The smallest absolute Gasteiger partial charge is 0.123 e. The van der Waals surface area contributed by atoms with Crippen LogP contribution in [0.4, 0.5) is 4.39 Å². The maximum Gasteiger partial charge on any atom is 0.123 e. The minimum absolute atomic E-state index is 0.167. The van der Waals surface area contributed by atoms with Crippen molar-refractivity contribution in [2.24, 2.45) is 5.41 Å². The maximum absolute atomic E-state index is 12.9. The molecule has 0 amide bonds. The van der Waals surface area contributed by atoms with Crippen molar-refractivity contribution < 1.29 is 4.39 Å². The van der Waals surface area contributed by atoms with Gasteiger partial charge >= 0.3 is 0 Å². The summed E-state index contributed by atoms with van der Waals surface area (Å²) in [6.07, 6.45) is 1.26. The molecular formula is C15H22FNS. The highest BCUT2D eigenvalue weighted by atomic mass is 32.2. The van der Waals surface area contributed by atoms with Gasteiger partial charge in [0.05, 0.1) is 0 Å². The lowest BCUT2D eigenvalue weighted by molar-refractivity contribution is 0.232. The van der Waals surface area contributed by atoms with Crippen LogP contribution in [0.1, 0.15) is 38.8 Å². The first-order valence-corrected chi connectivity index (χ1v) is 7.74.